The molecule has 0 unspecified atom stereocenters. The van der Waals surface area contributed by atoms with Crippen LogP contribution in [0.3, 0.4) is 0 Å². The van der Waals surface area contributed by atoms with Crippen molar-refractivity contribution in [1.82, 2.24) is 20.4 Å². The number of halogens is 3. The molecular weight excluding hydrogens is 503 g/mol. The van der Waals surface area contributed by atoms with Gasteiger partial charge in [-0.25, -0.2) is 0 Å². The molecule has 212 valence electrons. The van der Waals surface area contributed by atoms with E-state index >= 15 is 0 Å². The number of anilines is 1. The predicted molar refractivity (Wildman–Crippen MR) is 132 cm³/mol. The monoisotopic (exact) mass is 541 g/mol. The lowest BCUT2D eigenvalue weighted by atomic mass is 9.73. The van der Waals surface area contributed by atoms with Gasteiger partial charge in [-0.1, -0.05) is 6.92 Å². The molecule has 3 aliphatic heterocycles. The summed E-state index contributed by atoms with van der Waals surface area (Å²) in [6, 6.07) is 0.923. The first-order valence-corrected chi connectivity index (χ1v) is 13.4. The number of piperazine rings is 1. The number of ether oxygens (including phenoxy) is 2. The molecule has 5 rings (SSSR count). The lowest BCUT2D eigenvalue weighted by Crippen LogP contribution is -2.72. The van der Waals surface area contributed by atoms with E-state index in [1.807, 2.05) is 16.7 Å². The summed E-state index contributed by atoms with van der Waals surface area (Å²) in [5, 5.41) is 22.4. The van der Waals surface area contributed by atoms with Gasteiger partial charge in [0.25, 0.3) is 0 Å². The van der Waals surface area contributed by atoms with Crippen molar-refractivity contribution in [2.75, 3.05) is 38.3 Å². The zero-order valence-electron chi connectivity index (χ0n) is 22.4. The van der Waals surface area contributed by atoms with Gasteiger partial charge in [0.05, 0.1) is 41.6 Å². The van der Waals surface area contributed by atoms with Crippen molar-refractivity contribution < 1.29 is 32.5 Å². The average Bonchev–Trinajstić information content (AvgIpc) is 3.57. The Labute approximate surface area is 221 Å². The maximum absolute atomic E-state index is 13.8. The summed E-state index contributed by atoms with van der Waals surface area (Å²) in [7, 11) is 1.63. The van der Waals surface area contributed by atoms with Gasteiger partial charge in [0.1, 0.15) is 6.10 Å². The van der Waals surface area contributed by atoms with E-state index in [0.717, 1.165) is 25.1 Å². The molecule has 6 atom stereocenters. The summed E-state index contributed by atoms with van der Waals surface area (Å²) in [6.07, 6.45) is -0.614. The van der Waals surface area contributed by atoms with Crippen LogP contribution in [0.25, 0.3) is 0 Å². The van der Waals surface area contributed by atoms with Crippen molar-refractivity contribution in [2.45, 2.75) is 94.4 Å². The van der Waals surface area contributed by atoms with Crippen LogP contribution < -0.4 is 10.2 Å². The molecule has 9 nitrogen and oxygen atoms in total. The maximum atomic E-state index is 13.8. The smallest absolute Gasteiger partial charge is 0.388 e. The number of carbonyl (C=O) groups is 1. The van der Waals surface area contributed by atoms with Gasteiger partial charge in [0, 0.05) is 38.3 Å². The van der Waals surface area contributed by atoms with E-state index in [-0.39, 0.29) is 36.0 Å². The number of hydrogen-bond donors (Lipinski definition) is 2. The summed E-state index contributed by atoms with van der Waals surface area (Å²) >= 11 is 0. The van der Waals surface area contributed by atoms with Gasteiger partial charge in [-0.15, -0.1) is 5.10 Å². The molecule has 1 saturated carbocycles. The van der Waals surface area contributed by atoms with E-state index < -0.39 is 28.3 Å². The van der Waals surface area contributed by atoms with Crippen molar-refractivity contribution in [1.29, 1.82) is 0 Å². The summed E-state index contributed by atoms with van der Waals surface area (Å²) < 4.78 is 50.8. The first-order chi connectivity index (χ1) is 17.8. The second-order valence-corrected chi connectivity index (χ2v) is 12.2. The Balaban J connectivity index is 1.25. The number of methoxy groups -OCH3 is 1. The molecule has 0 radical (unpaired) electrons. The van der Waals surface area contributed by atoms with Gasteiger partial charge in [-0.3, -0.25) is 4.79 Å². The minimum absolute atomic E-state index is 0.0304. The minimum atomic E-state index is -4.48. The molecule has 3 saturated heterocycles. The number of aromatic nitrogens is 2. The van der Waals surface area contributed by atoms with Crippen molar-refractivity contribution in [3.8, 4) is 0 Å². The number of likely N-dealkylation sites (tertiary alicyclic amines) is 1. The third-order valence-corrected chi connectivity index (χ3v) is 9.32. The maximum Gasteiger partial charge on any atom is 0.418 e. The van der Waals surface area contributed by atoms with Crippen LogP contribution in [0.2, 0.25) is 0 Å². The minimum Gasteiger partial charge on any atom is -0.388 e. The van der Waals surface area contributed by atoms with E-state index in [1.165, 1.54) is 0 Å². The third kappa shape index (κ3) is 4.67. The SMILES string of the molecule is CO[C@@H]1COCC[C@@]1(N[C@@H]1CC[C@](C)(C(=O)N2C[C@H]3C[C@H]2CN3c2cc(C(F)(F)F)cnn2)C1)C(C)(C)O. The fourth-order valence-corrected chi connectivity index (χ4v) is 7.15. The van der Waals surface area contributed by atoms with Crippen molar-refractivity contribution in [3.63, 3.8) is 0 Å². The van der Waals surface area contributed by atoms with Crippen LogP contribution in [0.15, 0.2) is 12.3 Å². The molecule has 1 aromatic heterocycles. The standard InChI is InChI=1S/C26H38F3N5O4/c1-23(2,36)25(7-8-38-15-20(25)37-4)31-17-5-6-24(3,11-17)22(35)34-14-18-10-19(34)13-33(18)21-9-16(12-30-32-21)26(27,28)29/h9,12,17-20,31,36H,5-8,10-11,13-15H2,1-4H3/t17-,18-,19+,20-,24+,25+/m1/s1. The van der Waals surface area contributed by atoms with Crippen LogP contribution in [-0.4, -0.2) is 94.9 Å². The zero-order valence-corrected chi connectivity index (χ0v) is 22.4. The van der Waals surface area contributed by atoms with E-state index in [2.05, 4.69) is 15.5 Å². The Bertz CT molecular complexity index is 1050. The Morgan fingerprint density at radius 2 is 2.03 bits per heavy atom. The molecule has 0 spiro atoms. The lowest BCUT2D eigenvalue weighted by molar-refractivity contribution is -0.162. The van der Waals surface area contributed by atoms with Crippen LogP contribution in [0, 0.1) is 5.41 Å². The molecule has 4 aliphatic rings. The van der Waals surface area contributed by atoms with Crippen LogP contribution >= 0.6 is 0 Å². The highest BCUT2D eigenvalue weighted by Crippen LogP contribution is 2.45. The van der Waals surface area contributed by atoms with Crippen LogP contribution in [0.4, 0.5) is 19.0 Å². The van der Waals surface area contributed by atoms with E-state index in [0.29, 0.717) is 45.6 Å². The highest BCUT2D eigenvalue weighted by atomic mass is 19.4. The Morgan fingerprint density at radius 1 is 1.26 bits per heavy atom. The van der Waals surface area contributed by atoms with Gasteiger partial charge in [0.2, 0.25) is 5.91 Å². The van der Waals surface area contributed by atoms with E-state index in [9.17, 15) is 23.1 Å². The molecule has 0 aromatic carbocycles. The van der Waals surface area contributed by atoms with Crippen LogP contribution in [-0.2, 0) is 20.4 Å². The first kappa shape index (κ1) is 27.5. The summed E-state index contributed by atoms with van der Waals surface area (Å²) in [6.45, 7) is 7.40. The molecule has 1 aliphatic carbocycles. The third-order valence-electron chi connectivity index (χ3n) is 9.32. The highest BCUT2D eigenvalue weighted by molar-refractivity contribution is 5.84. The first-order valence-electron chi connectivity index (χ1n) is 13.4. The predicted octanol–water partition coefficient (Wildman–Crippen LogP) is 2.38. The summed E-state index contributed by atoms with van der Waals surface area (Å²) in [5.74, 6) is 0.300. The Morgan fingerprint density at radius 3 is 2.66 bits per heavy atom. The molecule has 1 amide bonds. The van der Waals surface area contributed by atoms with Crippen molar-refractivity contribution in [3.05, 3.63) is 17.8 Å². The van der Waals surface area contributed by atoms with E-state index in [4.69, 9.17) is 9.47 Å². The molecule has 1 aromatic rings. The number of hydrogen-bond acceptors (Lipinski definition) is 8. The molecule has 38 heavy (non-hydrogen) atoms. The number of rotatable bonds is 6. The van der Waals surface area contributed by atoms with Gasteiger partial charge < -0.3 is 29.7 Å². The normalized spacial score (nSPS) is 35.8. The quantitative estimate of drug-likeness (QED) is 0.567. The molecule has 12 heteroatoms. The van der Waals surface area contributed by atoms with Crippen LogP contribution in [0.5, 0.6) is 0 Å². The van der Waals surface area contributed by atoms with E-state index in [1.54, 1.807) is 21.0 Å². The number of nitrogens with one attached hydrogen (secondary N) is 1. The second kappa shape index (κ2) is 9.57. The van der Waals surface area contributed by atoms with Crippen molar-refractivity contribution in [2.24, 2.45) is 5.41 Å². The topological polar surface area (TPSA) is 100 Å². The average molecular weight is 542 g/mol. The highest BCUT2D eigenvalue weighted by Gasteiger charge is 2.56. The summed E-state index contributed by atoms with van der Waals surface area (Å²) in [5.41, 5.74) is -3.14. The lowest BCUT2D eigenvalue weighted by Gasteiger charge is -2.52. The van der Waals surface area contributed by atoms with Gasteiger partial charge >= 0.3 is 6.18 Å². The van der Waals surface area contributed by atoms with Gasteiger partial charge in [-0.2, -0.15) is 18.3 Å². The number of carbonyl (C=O) groups excluding carboxylic acids is 1. The number of fused-ring (bicyclic) bond motifs is 2. The fourth-order valence-electron chi connectivity index (χ4n) is 7.15. The summed E-state index contributed by atoms with van der Waals surface area (Å²) in [4.78, 5) is 17.6. The number of amides is 1. The van der Waals surface area contributed by atoms with Gasteiger partial charge in [0.15, 0.2) is 5.82 Å². The van der Waals surface area contributed by atoms with Crippen LogP contribution in [0.1, 0.15) is 58.4 Å². The zero-order chi connectivity index (χ0) is 27.5. The Hall–Kier alpha value is -2.02. The molecular formula is C26H38F3N5O4. The largest absolute Gasteiger partial charge is 0.418 e. The number of alkyl halides is 3. The molecule has 4 heterocycles. The molecule has 2 N–H and O–H groups in total. The molecule has 4 fully saturated rings. The number of nitrogens with zero attached hydrogens (tertiary/aromatic N) is 4. The number of aliphatic hydroxyl groups is 1. The second-order valence-electron chi connectivity index (χ2n) is 12.2. The Kier molecular flexibility index (Phi) is 6.93. The van der Waals surface area contributed by atoms with Gasteiger partial charge in [-0.05, 0) is 52.0 Å². The van der Waals surface area contributed by atoms with Crippen molar-refractivity contribution >= 4 is 11.7 Å². The fraction of sp³-hybridized carbons (Fsp3) is 0.808. The molecule has 2 bridgehead atoms.